The lowest BCUT2D eigenvalue weighted by Gasteiger charge is -2.18. The van der Waals surface area contributed by atoms with E-state index < -0.39 is 0 Å². The Morgan fingerprint density at radius 3 is 1.17 bits per heavy atom. The minimum absolute atomic E-state index is 1.17. The highest BCUT2D eigenvalue weighted by Crippen LogP contribution is 2.44. The van der Waals surface area contributed by atoms with E-state index >= 15 is 0 Å². The summed E-state index contributed by atoms with van der Waals surface area (Å²) in [6.45, 7) is 2.18. The van der Waals surface area contributed by atoms with Crippen LogP contribution in [0.4, 0.5) is 0 Å². The second-order valence-corrected chi connectivity index (χ2v) is 12.2. The largest absolute Gasteiger partial charge is 0.309 e. The number of para-hydroxylation sites is 2. The van der Waals surface area contributed by atoms with E-state index in [0.29, 0.717) is 0 Å². The fraction of sp³-hybridized carbons (Fsp3) is 0.0222. The lowest BCUT2D eigenvalue weighted by atomic mass is 9.85. The molecule has 0 aliphatic heterocycles. The van der Waals surface area contributed by atoms with Gasteiger partial charge in [-0.05, 0) is 91.7 Å². The smallest absolute Gasteiger partial charge is 0.0541 e. The van der Waals surface area contributed by atoms with Crippen molar-refractivity contribution in [2.24, 2.45) is 0 Å². The van der Waals surface area contributed by atoms with Gasteiger partial charge in [-0.15, -0.1) is 0 Å². The van der Waals surface area contributed by atoms with Gasteiger partial charge in [-0.3, -0.25) is 0 Å². The van der Waals surface area contributed by atoms with Crippen LogP contribution >= 0.6 is 0 Å². The van der Waals surface area contributed by atoms with Gasteiger partial charge in [-0.1, -0.05) is 146 Å². The van der Waals surface area contributed by atoms with Crippen molar-refractivity contribution in [3.05, 3.63) is 175 Å². The van der Waals surface area contributed by atoms with E-state index in [4.69, 9.17) is 0 Å². The average Bonchev–Trinajstić information content (AvgIpc) is 3.45. The van der Waals surface area contributed by atoms with Crippen molar-refractivity contribution in [2.75, 3.05) is 0 Å². The summed E-state index contributed by atoms with van der Waals surface area (Å²) in [7, 11) is 0. The first-order chi connectivity index (χ1) is 22.8. The second-order valence-electron chi connectivity index (χ2n) is 12.2. The molecular weight excluding hydrogens is 555 g/mol. The van der Waals surface area contributed by atoms with Crippen LogP contribution in [0.15, 0.2) is 170 Å². The van der Waals surface area contributed by atoms with Crippen molar-refractivity contribution in [1.29, 1.82) is 0 Å². The average molecular weight is 586 g/mol. The first-order valence-electron chi connectivity index (χ1n) is 16.0. The summed E-state index contributed by atoms with van der Waals surface area (Å²) >= 11 is 0. The monoisotopic (exact) mass is 585 g/mol. The van der Waals surface area contributed by atoms with Crippen molar-refractivity contribution in [3.8, 4) is 39.1 Å². The van der Waals surface area contributed by atoms with Gasteiger partial charge >= 0.3 is 0 Å². The molecule has 0 amide bonds. The molecule has 0 bridgehead atoms. The number of aromatic nitrogens is 1. The third-order valence-electron chi connectivity index (χ3n) is 9.56. The molecule has 0 unspecified atom stereocenters. The zero-order valence-electron chi connectivity index (χ0n) is 25.6. The maximum absolute atomic E-state index is 2.38. The molecular formula is C45H31N. The molecule has 216 valence electrons. The molecule has 9 rings (SSSR count). The van der Waals surface area contributed by atoms with E-state index in [1.807, 2.05) is 0 Å². The van der Waals surface area contributed by atoms with E-state index in [1.165, 1.54) is 88.0 Å². The molecule has 8 aromatic carbocycles. The SMILES string of the molecule is Cc1ccccc1-c1ccc(-c2c3ccccc3c(-c3ccc(-n4c5ccccc5c5ccccc54)cc3)c3ccccc23)cc1. The molecule has 0 atom stereocenters. The number of aryl methyl sites for hydroxylation is 1. The molecule has 0 saturated carbocycles. The molecule has 46 heavy (non-hydrogen) atoms. The highest BCUT2D eigenvalue weighted by atomic mass is 15.0. The van der Waals surface area contributed by atoms with Gasteiger partial charge < -0.3 is 4.57 Å². The minimum Gasteiger partial charge on any atom is -0.309 e. The Balaban J connectivity index is 1.22. The number of benzene rings is 8. The molecule has 1 nitrogen and oxygen atoms in total. The van der Waals surface area contributed by atoms with E-state index in [2.05, 4.69) is 181 Å². The normalized spacial score (nSPS) is 11.6. The van der Waals surface area contributed by atoms with Crippen LogP contribution in [0.25, 0.3) is 82.4 Å². The van der Waals surface area contributed by atoms with Gasteiger partial charge in [0.25, 0.3) is 0 Å². The maximum atomic E-state index is 2.38. The van der Waals surface area contributed by atoms with Crippen molar-refractivity contribution in [2.45, 2.75) is 6.92 Å². The molecule has 1 aromatic heterocycles. The Kier molecular flexibility index (Phi) is 6.11. The molecule has 0 N–H and O–H groups in total. The molecule has 0 radical (unpaired) electrons. The lowest BCUT2D eigenvalue weighted by Crippen LogP contribution is -1.94. The van der Waals surface area contributed by atoms with Crippen molar-refractivity contribution >= 4 is 43.4 Å². The number of rotatable bonds is 4. The summed E-state index contributed by atoms with van der Waals surface area (Å²) < 4.78 is 2.38. The first-order valence-corrected chi connectivity index (χ1v) is 16.0. The molecule has 0 saturated heterocycles. The van der Waals surface area contributed by atoms with Gasteiger partial charge in [0.05, 0.1) is 11.0 Å². The van der Waals surface area contributed by atoms with Gasteiger partial charge in [0.2, 0.25) is 0 Å². The predicted octanol–water partition coefficient (Wildman–Crippen LogP) is 12.4. The topological polar surface area (TPSA) is 4.93 Å². The molecule has 0 fully saturated rings. The van der Waals surface area contributed by atoms with Crippen LogP contribution in [-0.4, -0.2) is 4.57 Å². The number of fused-ring (bicyclic) bond motifs is 5. The van der Waals surface area contributed by atoms with E-state index in [0.717, 1.165) is 0 Å². The first kappa shape index (κ1) is 26.5. The number of hydrogen-bond acceptors (Lipinski definition) is 0. The van der Waals surface area contributed by atoms with E-state index in [-0.39, 0.29) is 0 Å². The van der Waals surface area contributed by atoms with Crippen molar-refractivity contribution in [1.82, 2.24) is 4.57 Å². The Labute approximate surface area is 268 Å². The van der Waals surface area contributed by atoms with E-state index in [1.54, 1.807) is 0 Å². The van der Waals surface area contributed by atoms with Crippen LogP contribution < -0.4 is 0 Å². The number of hydrogen-bond donors (Lipinski definition) is 0. The van der Waals surface area contributed by atoms with Crippen LogP contribution in [0.2, 0.25) is 0 Å². The van der Waals surface area contributed by atoms with Crippen LogP contribution in [0.5, 0.6) is 0 Å². The van der Waals surface area contributed by atoms with Gasteiger partial charge in [0, 0.05) is 16.5 Å². The molecule has 0 aliphatic rings. The van der Waals surface area contributed by atoms with Crippen LogP contribution in [0, 0.1) is 6.92 Å². The summed E-state index contributed by atoms with van der Waals surface area (Å²) in [5, 5.41) is 7.63. The predicted molar refractivity (Wildman–Crippen MR) is 197 cm³/mol. The van der Waals surface area contributed by atoms with Gasteiger partial charge in [0.15, 0.2) is 0 Å². The summed E-state index contributed by atoms with van der Waals surface area (Å²) in [4.78, 5) is 0. The maximum Gasteiger partial charge on any atom is 0.0541 e. The van der Waals surface area contributed by atoms with E-state index in [9.17, 15) is 0 Å². The Morgan fingerprint density at radius 2 is 0.696 bits per heavy atom. The Bertz CT molecular complexity index is 2460. The van der Waals surface area contributed by atoms with Crippen LogP contribution in [0.3, 0.4) is 0 Å². The summed E-state index contributed by atoms with van der Waals surface area (Å²) in [5.41, 5.74) is 12.5. The lowest BCUT2D eigenvalue weighted by molar-refractivity contribution is 1.18. The van der Waals surface area contributed by atoms with Gasteiger partial charge in [0.1, 0.15) is 0 Å². The Morgan fingerprint density at radius 1 is 0.326 bits per heavy atom. The second kappa shape index (κ2) is 10.6. The van der Waals surface area contributed by atoms with Gasteiger partial charge in [-0.25, -0.2) is 0 Å². The fourth-order valence-corrected chi connectivity index (χ4v) is 7.44. The molecule has 9 aromatic rings. The standard InChI is InChI=1S/C45H31N/c1-30-12-2-3-13-35(30)31-22-24-32(25-23-31)44-38-16-4-6-18-40(38)45(41-19-7-5-17-39(41)44)33-26-28-34(29-27-33)46-42-20-10-8-14-36(42)37-15-9-11-21-43(37)46/h2-29H,1H3. The minimum atomic E-state index is 1.17. The molecule has 1 heterocycles. The summed E-state index contributed by atoms with van der Waals surface area (Å²) in [6.07, 6.45) is 0. The third kappa shape index (κ3) is 4.09. The van der Waals surface area contributed by atoms with Crippen LogP contribution in [-0.2, 0) is 0 Å². The fourth-order valence-electron chi connectivity index (χ4n) is 7.44. The molecule has 0 spiro atoms. The third-order valence-corrected chi connectivity index (χ3v) is 9.56. The van der Waals surface area contributed by atoms with Gasteiger partial charge in [-0.2, -0.15) is 0 Å². The van der Waals surface area contributed by atoms with Crippen molar-refractivity contribution in [3.63, 3.8) is 0 Å². The highest BCUT2D eigenvalue weighted by molar-refractivity contribution is 6.21. The molecule has 0 aliphatic carbocycles. The zero-order chi connectivity index (χ0) is 30.6. The quantitative estimate of drug-likeness (QED) is 0.181. The Hall–Kier alpha value is -5.92. The number of nitrogens with zero attached hydrogens (tertiary/aromatic N) is 1. The van der Waals surface area contributed by atoms with Crippen molar-refractivity contribution < 1.29 is 0 Å². The summed E-state index contributed by atoms with van der Waals surface area (Å²) in [5.74, 6) is 0. The summed E-state index contributed by atoms with van der Waals surface area (Å²) in [6, 6.07) is 62.0. The van der Waals surface area contributed by atoms with Crippen LogP contribution in [0.1, 0.15) is 5.56 Å². The zero-order valence-corrected chi connectivity index (χ0v) is 25.6. The highest BCUT2D eigenvalue weighted by Gasteiger charge is 2.17. The molecule has 1 heteroatoms.